The normalized spacial score (nSPS) is 23.6. The van der Waals surface area contributed by atoms with E-state index in [0.29, 0.717) is 0 Å². The zero-order chi connectivity index (χ0) is 15.4. The van der Waals surface area contributed by atoms with Crippen molar-refractivity contribution in [1.82, 2.24) is 10.2 Å². The summed E-state index contributed by atoms with van der Waals surface area (Å²) in [7, 11) is 0. The molecule has 3 unspecified atom stereocenters. The lowest BCUT2D eigenvalue weighted by molar-refractivity contribution is -0.132. The second-order valence-electron chi connectivity index (χ2n) is 5.69. The van der Waals surface area contributed by atoms with E-state index in [1.54, 1.807) is 11.8 Å². The number of nitrogens with zero attached hydrogens (tertiary/aromatic N) is 1. The van der Waals surface area contributed by atoms with Crippen LogP contribution in [0.2, 0.25) is 0 Å². The Hall–Kier alpha value is -1.00. The third-order valence-electron chi connectivity index (χ3n) is 4.21. The SMILES string of the molecule is CCCC(C)N1C(=O)C(CC)NC1c1ccc(SC)cc1. The molecule has 0 spiro atoms. The van der Waals surface area contributed by atoms with Crippen LogP contribution in [-0.2, 0) is 4.79 Å². The first-order chi connectivity index (χ1) is 10.1. The molecule has 0 bridgehead atoms. The minimum absolute atomic E-state index is 0.0138. The second-order valence-corrected chi connectivity index (χ2v) is 6.57. The van der Waals surface area contributed by atoms with Crippen molar-refractivity contribution >= 4 is 17.7 Å². The smallest absolute Gasteiger partial charge is 0.241 e. The van der Waals surface area contributed by atoms with Gasteiger partial charge in [0.25, 0.3) is 0 Å². The summed E-state index contributed by atoms with van der Waals surface area (Å²) in [5, 5.41) is 3.50. The Morgan fingerprint density at radius 2 is 1.95 bits per heavy atom. The number of benzene rings is 1. The van der Waals surface area contributed by atoms with E-state index >= 15 is 0 Å². The molecule has 1 heterocycles. The molecule has 2 rings (SSSR count). The third-order valence-corrected chi connectivity index (χ3v) is 4.95. The summed E-state index contributed by atoms with van der Waals surface area (Å²) < 4.78 is 0. The average Bonchev–Trinajstić information content (AvgIpc) is 2.84. The molecular weight excluding hydrogens is 280 g/mol. The standard InChI is InChI=1S/C17H26N2OS/c1-5-7-12(3)19-16(18-15(6-2)17(19)20)13-8-10-14(21-4)11-9-13/h8-12,15-16,18H,5-7H2,1-4H3. The molecule has 1 saturated heterocycles. The predicted octanol–water partition coefficient (Wildman–Crippen LogP) is 3.81. The van der Waals surface area contributed by atoms with Crippen molar-refractivity contribution in [3.63, 3.8) is 0 Å². The van der Waals surface area contributed by atoms with Gasteiger partial charge in [-0.3, -0.25) is 10.1 Å². The van der Waals surface area contributed by atoms with Crippen molar-refractivity contribution in [3.8, 4) is 0 Å². The van der Waals surface area contributed by atoms with Gasteiger partial charge in [0.05, 0.1) is 6.04 Å². The van der Waals surface area contributed by atoms with E-state index in [0.717, 1.165) is 19.3 Å². The minimum Gasteiger partial charge on any atom is -0.319 e. The van der Waals surface area contributed by atoms with E-state index in [1.165, 1.54) is 10.5 Å². The highest BCUT2D eigenvalue weighted by molar-refractivity contribution is 7.98. The van der Waals surface area contributed by atoms with Crippen molar-refractivity contribution < 1.29 is 4.79 Å². The van der Waals surface area contributed by atoms with Crippen LogP contribution in [-0.4, -0.2) is 29.1 Å². The van der Waals surface area contributed by atoms with Crippen LogP contribution in [0.3, 0.4) is 0 Å². The Balaban J connectivity index is 2.26. The fraction of sp³-hybridized carbons (Fsp3) is 0.588. The number of nitrogens with one attached hydrogen (secondary N) is 1. The van der Waals surface area contributed by atoms with Gasteiger partial charge in [0.2, 0.25) is 5.91 Å². The predicted molar refractivity (Wildman–Crippen MR) is 89.4 cm³/mol. The highest BCUT2D eigenvalue weighted by atomic mass is 32.2. The van der Waals surface area contributed by atoms with Gasteiger partial charge >= 0.3 is 0 Å². The van der Waals surface area contributed by atoms with Crippen LogP contribution in [0.1, 0.15) is 51.8 Å². The molecule has 0 saturated carbocycles. The first kappa shape index (κ1) is 16.4. The molecule has 1 amide bonds. The maximum atomic E-state index is 12.6. The van der Waals surface area contributed by atoms with E-state index in [1.807, 2.05) is 4.90 Å². The molecular formula is C17H26N2OS. The first-order valence-electron chi connectivity index (χ1n) is 7.84. The molecule has 1 aliphatic rings. The lowest BCUT2D eigenvalue weighted by Crippen LogP contribution is -2.38. The molecule has 1 aromatic rings. The molecule has 4 heteroatoms. The number of hydrogen-bond donors (Lipinski definition) is 1. The van der Waals surface area contributed by atoms with Gasteiger partial charge in [-0.2, -0.15) is 0 Å². The number of hydrogen-bond acceptors (Lipinski definition) is 3. The lowest BCUT2D eigenvalue weighted by atomic mass is 10.1. The number of thioether (sulfide) groups is 1. The van der Waals surface area contributed by atoms with E-state index in [4.69, 9.17) is 0 Å². The second kappa shape index (κ2) is 7.32. The van der Waals surface area contributed by atoms with Crippen molar-refractivity contribution in [2.24, 2.45) is 0 Å². The summed E-state index contributed by atoms with van der Waals surface area (Å²) in [6, 6.07) is 8.77. The highest BCUT2D eigenvalue weighted by Gasteiger charge is 2.40. The number of amides is 1. The molecule has 0 aliphatic carbocycles. The van der Waals surface area contributed by atoms with Crippen LogP contribution in [0.4, 0.5) is 0 Å². The van der Waals surface area contributed by atoms with E-state index < -0.39 is 0 Å². The van der Waals surface area contributed by atoms with Gasteiger partial charge in [0.15, 0.2) is 0 Å². The quantitative estimate of drug-likeness (QED) is 0.811. The van der Waals surface area contributed by atoms with Crippen LogP contribution in [0.5, 0.6) is 0 Å². The van der Waals surface area contributed by atoms with Gasteiger partial charge in [-0.15, -0.1) is 11.8 Å². The summed E-state index contributed by atoms with van der Waals surface area (Å²) in [4.78, 5) is 15.9. The molecule has 1 N–H and O–H groups in total. The summed E-state index contributed by atoms with van der Waals surface area (Å²) in [5.74, 6) is 0.248. The third kappa shape index (κ3) is 3.43. The van der Waals surface area contributed by atoms with Crippen LogP contribution in [0, 0.1) is 0 Å². The lowest BCUT2D eigenvalue weighted by Gasteiger charge is -2.30. The van der Waals surface area contributed by atoms with E-state index in [9.17, 15) is 4.79 Å². The summed E-state index contributed by atoms with van der Waals surface area (Å²) in [6.45, 7) is 6.39. The number of carbonyl (C=O) groups excluding carboxylic acids is 1. The van der Waals surface area contributed by atoms with Crippen LogP contribution < -0.4 is 5.32 Å². The van der Waals surface area contributed by atoms with Crippen molar-refractivity contribution in [3.05, 3.63) is 29.8 Å². The Morgan fingerprint density at radius 1 is 1.29 bits per heavy atom. The molecule has 1 aliphatic heterocycles. The zero-order valence-corrected chi connectivity index (χ0v) is 14.2. The zero-order valence-electron chi connectivity index (χ0n) is 13.4. The van der Waals surface area contributed by atoms with Crippen molar-refractivity contribution in [2.75, 3.05) is 6.26 Å². The summed E-state index contributed by atoms with van der Waals surface area (Å²) in [6.07, 6.45) is 5.08. The van der Waals surface area contributed by atoms with Crippen LogP contribution in [0.25, 0.3) is 0 Å². The van der Waals surface area contributed by atoms with Gasteiger partial charge in [-0.05, 0) is 43.7 Å². The van der Waals surface area contributed by atoms with Gasteiger partial charge in [0.1, 0.15) is 6.17 Å². The van der Waals surface area contributed by atoms with Gasteiger partial charge in [-0.1, -0.05) is 32.4 Å². The number of rotatable bonds is 6. The molecule has 1 fully saturated rings. The monoisotopic (exact) mass is 306 g/mol. The molecule has 1 aromatic carbocycles. The van der Waals surface area contributed by atoms with Crippen LogP contribution in [0.15, 0.2) is 29.2 Å². The molecule has 0 aromatic heterocycles. The van der Waals surface area contributed by atoms with Crippen molar-refractivity contribution in [2.45, 2.75) is 63.2 Å². The summed E-state index contributed by atoms with van der Waals surface area (Å²) in [5.41, 5.74) is 1.18. The number of carbonyl (C=O) groups is 1. The fourth-order valence-electron chi connectivity index (χ4n) is 3.01. The van der Waals surface area contributed by atoms with Gasteiger partial charge < -0.3 is 4.90 Å². The van der Waals surface area contributed by atoms with E-state index in [2.05, 4.69) is 56.6 Å². The largest absolute Gasteiger partial charge is 0.319 e. The Bertz CT molecular complexity index is 474. The summed E-state index contributed by atoms with van der Waals surface area (Å²) >= 11 is 1.74. The fourth-order valence-corrected chi connectivity index (χ4v) is 3.42. The van der Waals surface area contributed by atoms with Gasteiger partial charge in [-0.25, -0.2) is 0 Å². The Morgan fingerprint density at radius 3 is 2.48 bits per heavy atom. The van der Waals surface area contributed by atoms with Gasteiger partial charge in [0, 0.05) is 10.9 Å². The highest BCUT2D eigenvalue weighted by Crippen LogP contribution is 2.30. The minimum atomic E-state index is -0.0467. The maximum absolute atomic E-state index is 12.6. The molecule has 21 heavy (non-hydrogen) atoms. The van der Waals surface area contributed by atoms with Crippen LogP contribution >= 0.6 is 11.8 Å². The topological polar surface area (TPSA) is 32.3 Å². The van der Waals surface area contributed by atoms with E-state index in [-0.39, 0.29) is 24.2 Å². The maximum Gasteiger partial charge on any atom is 0.241 e. The molecule has 3 nitrogen and oxygen atoms in total. The molecule has 3 atom stereocenters. The molecule has 116 valence electrons. The Labute approximate surface area is 132 Å². The molecule has 0 radical (unpaired) electrons. The Kier molecular flexibility index (Phi) is 5.71. The first-order valence-corrected chi connectivity index (χ1v) is 9.07. The average molecular weight is 306 g/mol. The van der Waals surface area contributed by atoms with Crippen molar-refractivity contribution in [1.29, 1.82) is 0 Å².